The van der Waals surface area contributed by atoms with E-state index in [9.17, 15) is 13.2 Å². The molecule has 0 aliphatic carbocycles. The highest BCUT2D eigenvalue weighted by atomic mass is 32.1. The van der Waals surface area contributed by atoms with Gasteiger partial charge in [-0.05, 0) is 30.2 Å². The molecule has 0 saturated heterocycles. The Kier molecular flexibility index (Phi) is 5.65. The van der Waals surface area contributed by atoms with Crippen molar-refractivity contribution in [3.8, 4) is 27.3 Å². The third-order valence-electron chi connectivity index (χ3n) is 3.94. The van der Waals surface area contributed by atoms with E-state index in [-0.39, 0.29) is 11.3 Å². The normalized spacial score (nSPS) is 11.4. The average Bonchev–Trinajstić information content (AvgIpc) is 3.14. The largest absolute Gasteiger partial charge is 0.497 e. The first-order valence-electron chi connectivity index (χ1n) is 8.33. The summed E-state index contributed by atoms with van der Waals surface area (Å²) >= 11 is 1.40. The number of hydrogen-bond acceptors (Lipinski definition) is 5. The second-order valence-electron chi connectivity index (χ2n) is 5.79. The van der Waals surface area contributed by atoms with Crippen molar-refractivity contribution in [2.45, 2.75) is 19.5 Å². The molecule has 2 heterocycles. The fourth-order valence-corrected chi connectivity index (χ4v) is 3.54. The Bertz CT molecular complexity index is 925. The van der Waals surface area contributed by atoms with Crippen LogP contribution in [0.4, 0.5) is 18.3 Å². The van der Waals surface area contributed by atoms with Crippen LogP contribution in [0.1, 0.15) is 18.9 Å². The number of rotatable bonds is 6. The summed E-state index contributed by atoms with van der Waals surface area (Å²) in [4.78, 5) is 9.12. The lowest BCUT2D eigenvalue weighted by molar-refractivity contribution is -0.137. The lowest BCUT2D eigenvalue weighted by Gasteiger charge is -2.16. The molecule has 0 amide bonds. The van der Waals surface area contributed by atoms with Crippen molar-refractivity contribution in [3.05, 3.63) is 48.4 Å². The molecule has 0 bridgehead atoms. The molecule has 142 valence electrons. The van der Waals surface area contributed by atoms with Crippen LogP contribution in [-0.2, 0) is 6.18 Å². The van der Waals surface area contributed by atoms with Crippen LogP contribution in [0.25, 0.3) is 21.6 Å². The fourth-order valence-electron chi connectivity index (χ4n) is 2.66. The molecule has 0 atom stereocenters. The number of aromatic nitrogens is 2. The molecule has 0 aliphatic heterocycles. The fraction of sp³-hybridized carbons (Fsp3) is 0.263. The summed E-state index contributed by atoms with van der Waals surface area (Å²) in [5, 5.41) is 3.93. The predicted octanol–water partition coefficient (Wildman–Crippen LogP) is 5.72. The molecule has 1 N–H and O–H groups in total. The monoisotopic (exact) mass is 393 g/mol. The van der Waals surface area contributed by atoms with Crippen LogP contribution in [0.3, 0.4) is 0 Å². The van der Waals surface area contributed by atoms with Crippen LogP contribution in [0.15, 0.2) is 42.9 Å². The van der Waals surface area contributed by atoms with E-state index in [2.05, 4.69) is 15.3 Å². The van der Waals surface area contributed by atoms with Crippen molar-refractivity contribution in [1.29, 1.82) is 0 Å². The second kappa shape index (κ2) is 7.96. The number of nitrogens with zero attached hydrogens (tertiary/aromatic N) is 2. The van der Waals surface area contributed by atoms with Gasteiger partial charge in [0.25, 0.3) is 0 Å². The maximum Gasteiger partial charge on any atom is 0.417 e. The molecule has 4 nitrogen and oxygen atoms in total. The number of alkyl halides is 3. The van der Waals surface area contributed by atoms with Gasteiger partial charge in [-0.2, -0.15) is 13.2 Å². The van der Waals surface area contributed by atoms with Crippen LogP contribution in [-0.4, -0.2) is 23.6 Å². The summed E-state index contributed by atoms with van der Waals surface area (Å²) < 4.78 is 45.9. The van der Waals surface area contributed by atoms with Gasteiger partial charge < -0.3 is 10.1 Å². The van der Waals surface area contributed by atoms with Gasteiger partial charge >= 0.3 is 6.18 Å². The maximum atomic E-state index is 13.6. The van der Waals surface area contributed by atoms with E-state index < -0.39 is 11.7 Å². The lowest BCUT2D eigenvalue weighted by Crippen LogP contribution is -2.08. The molecule has 3 rings (SSSR count). The Balaban J connectivity index is 2.11. The Morgan fingerprint density at radius 1 is 1.11 bits per heavy atom. The van der Waals surface area contributed by atoms with Gasteiger partial charge in [0.2, 0.25) is 0 Å². The molecular formula is C19H18F3N3OS. The van der Waals surface area contributed by atoms with Gasteiger partial charge in [0.15, 0.2) is 5.13 Å². The Morgan fingerprint density at radius 2 is 1.93 bits per heavy atom. The number of halogens is 3. The summed E-state index contributed by atoms with van der Waals surface area (Å²) in [6.45, 7) is 2.83. The van der Waals surface area contributed by atoms with E-state index in [0.29, 0.717) is 11.1 Å². The van der Waals surface area contributed by atoms with Crippen LogP contribution >= 0.6 is 11.3 Å². The van der Waals surface area contributed by atoms with Gasteiger partial charge in [-0.25, -0.2) is 4.98 Å². The highest BCUT2D eigenvalue weighted by Crippen LogP contribution is 2.43. The molecular weight excluding hydrogens is 375 g/mol. The van der Waals surface area contributed by atoms with Gasteiger partial charge in [-0.3, -0.25) is 4.98 Å². The molecule has 0 aliphatic rings. The smallest absolute Gasteiger partial charge is 0.417 e. The predicted molar refractivity (Wildman–Crippen MR) is 101 cm³/mol. The zero-order chi connectivity index (χ0) is 19.4. The maximum absolute atomic E-state index is 13.6. The number of nitrogens with one attached hydrogen (secondary N) is 1. The number of pyridine rings is 1. The minimum atomic E-state index is -4.52. The summed E-state index contributed by atoms with van der Waals surface area (Å²) in [5.41, 5.74) is 0.355. The van der Waals surface area contributed by atoms with Crippen LogP contribution in [0.5, 0.6) is 5.75 Å². The number of thiazole rings is 1. The first-order chi connectivity index (χ1) is 12.9. The molecule has 2 aromatic heterocycles. The molecule has 0 fully saturated rings. The van der Waals surface area contributed by atoms with Crippen LogP contribution in [0.2, 0.25) is 0 Å². The topological polar surface area (TPSA) is 47.0 Å². The van der Waals surface area contributed by atoms with Gasteiger partial charge in [-0.1, -0.05) is 24.3 Å². The molecule has 0 radical (unpaired) electrons. The lowest BCUT2D eigenvalue weighted by atomic mass is 9.96. The van der Waals surface area contributed by atoms with E-state index in [0.717, 1.165) is 29.0 Å². The highest BCUT2D eigenvalue weighted by Gasteiger charge is 2.35. The highest BCUT2D eigenvalue weighted by molar-refractivity contribution is 7.18. The first-order valence-corrected chi connectivity index (χ1v) is 9.15. The number of hydrogen-bond donors (Lipinski definition) is 1. The molecule has 3 aromatic rings. The van der Waals surface area contributed by atoms with E-state index in [4.69, 9.17) is 4.74 Å². The number of ether oxygens (including phenoxy) is 1. The Hall–Kier alpha value is -2.61. The Morgan fingerprint density at radius 3 is 2.63 bits per heavy atom. The number of anilines is 1. The third kappa shape index (κ3) is 4.21. The molecule has 8 heteroatoms. The Labute approximate surface area is 159 Å². The molecule has 0 unspecified atom stereocenters. The number of methoxy groups -OCH3 is 1. The third-order valence-corrected chi connectivity index (χ3v) is 4.93. The zero-order valence-corrected chi connectivity index (χ0v) is 15.6. The van der Waals surface area contributed by atoms with Crippen LogP contribution in [0, 0.1) is 0 Å². The van der Waals surface area contributed by atoms with E-state index in [1.165, 1.54) is 36.8 Å². The van der Waals surface area contributed by atoms with Crippen molar-refractivity contribution in [2.24, 2.45) is 0 Å². The van der Waals surface area contributed by atoms with Crippen molar-refractivity contribution >= 4 is 16.5 Å². The van der Waals surface area contributed by atoms with E-state index in [1.807, 2.05) is 6.92 Å². The second-order valence-corrected chi connectivity index (χ2v) is 6.82. The molecule has 0 spiro atoms. The van der Waals surface area contributed by atoms with Gasteiger partial charge in [0.05, 0.1) is 17.6 Å². The summed E-state index contributed by atoms with van der Waals surface area (Å²) in [7, 11) is 1.34. The molecule has 1 aromatic carbocycles. The van der Waals surface area contributed by atoms with Gasteiger partial charge in [0.1, 0.15) is 5.75 Å². The summed E-state index contributed by atoms with van der Waals surface area (Å²) in [6, 6.07) is 5.64. The minimum Gasteiger partial charge on any atom is -0.497 e. The number of benzene rings is 1. The van der Waals surface area contributed by atoms with Gasteiger partial charge in [0, 0.05) is 36.3 Å². The van der Waals surface area contributed by atoms with Crippen molar-refractivity contribution in [1.82, 2.24) is 9.97 Å². The van der Waals surface area contributed by atoms with Crippen molar-refractivity contribution in [3.63, 3.8) is 0 Å². The van der Waals surface area contributed by atoms with E-state index >= 15 is 0 Å². The standard InChI is InChI=1S/C19H18F3N3OS/c1-3-7-24-18-25-11-17(27-18)14-6-8-23-10-15(14)13-5-4-12(26-2)9-16(13)19(20,21)22/h4-6,8-11H,3,7H2,1-2H3,(H,24,25). The average molecular weight is 393 g/mol. The first kappa shape index (κ1) is 19.2. The molecule has 0 saturated carbocycles. The van der Waals surface area contributed by atoms with Crippen molar-refractivity contribution < 1.29 is 17.9 Å². The minimum absolute atomic E-state index is 0.0582. The molecule has 27 heavy (non-hydrogen) atoms. The van der Waals surface area contributed by atoms with Gasteiger partial charge in [-0.15, -0.1) is 0 Å². The SMILES string of the molecule is CCCNc1ncc(-c2ccncc2-c2ccc(OC)cc2C(F)(F)F)s1. The van der Waals surface area contributed by atoms with Crippen molar-refractivity contribution in [2.75, 3.05) is 19.0 Å². The van der Waals surface area contributed by atoms with Crippen LogP contribution < -0.4 is 10.1 Å². The van der Waals surface area contributed by atoms with E-state index in [1.54, 1.807) is 18.5 Å². The summed E-state index contributed by atoms with van der Waals surface area (Å²) in [6.07, 6.45) is 1.12. The quantitative estimate of drug-likeness (QED) is 0.582. The summed E-state index contributed by atoms with van der Waals surface area (Å²) in [5.74, 6) is 0.153. The zero-order valence-electron chi connectivity index (χ0n) is 14.8.